The molecule has 2 aromatic carbocycles. The van der Waals surface area contributed by atoms with E-state index in [9.17, 15) is 0 Å². The first-order valence-corrected chi connectivity index (χ1v) is 9.32. The average Bonchev–Trinajstić information content (AvgIpc) is 3.08. The molecule has 0 bridgehead atoms. The first-order chi connectivity index (χ1) is 13.8. The highest BCUT2D eigenvalue weighted by molar-refractivity contribution is 5.14. The van der Waals surface area contributed by atoms with Crippen molar-refractivity contribution in [3.05, 3.63) is 71.8 Å². The van der Waals surface area contributed by atoms with E-state index < -0.39 is 12.4 Å². The monoisotopic (exact) mass is 382 g/mol. The van der Waals surface area contributed by atoms with Gasteiger partial charge < -0.3 is 23.7 Å². The van der Waals surface area contributed by atoms with E-state index in [-0.39, 0.29) is 18.8 Å². The van der Waals surface area contributed by atoms with Gasteiger partial charge in [-0.25, -0.2) is 0 Å². The molecule has 4 atom stereocenters. The molecule has 1 heterocycles. The lowest BCUT2D eigenvalue weighted by atomic mass is 10.1. The van der Waals surface area contributed by atoms with Crippen LogP contribution in [-0.4, -0.2) is 44.9 Å². The van der Waals surface area contributed by atoms with Gasteiger partial charge in [0.15, 0.2) is 6.29 Å². The molecule has 1 aliphatic rings. The molecule has 0 spiro atoms. The van der Waals surface area contributed by atoms with Gasteiger partial charge in [0.1, 0.15) is 24.9 Å². The van der Waals surface area contributed by atoms with Crippen molar-refractivity contribution in [3.8, 4) is 12.3 Å². The van der Waals surface area contributed by atoms with Crippen molar-refractivity contribution in [2.75, 3.05) is 20.3 Å². The number of benzene rings is 2. The van der Waals surface area contributed by atoms with Crippen LogP contribution in [0.15, 0.2) is 60.7 Å². The van der Waals surface area contributed by atoms with Gasteiger partial charge in [0.25, 0.3) is 0 Å². The zero-order valence-corrected chi connectivity index (χ0v) is 16.0. The number of methoxy groups -OCH3 is 1. The summed E-state index contributed by atoms with van der Waals surface area (Å²) in [5.41, 5.74) is 2.17. The van der Waals surface area contributed by atoms with Crippen molar-refractivity contribution in [3.63, 3.8) is 0 Å². The Morgan fingerprint density at radius 2 is 1.54 bits per heavy atom. The van der Waals surface area contributed by atoms with Gasteiger partial charge in [-0.2, -0.15) is 0 Å². The molecule has 28 heavy (non-hydrogen) atoms. The van der Waals surface area contributed by atoms with E-state index in [1.165, 1.54) is 0 Å². The van der Waals surface area contributed by atoms with Crippen molar-refractivity contribution in [2.45, 2.75) is 37.8 Å². The predicted octanol–water partition coefficient (Wildman–Crippen LogP) is 3.18. The molecule has 5 heteroatoms. The van der Waals surface area contributed by atoms with Crippen LogP contribution in [-0.2, 0) is 36.9 Å². The van der Waals surface area contributed by atoms with Crippen LogP contribution in [0.25, 0.3) is 0 Å². The average molecular weight is 382 g/mol. The lowest BCUT2D eigenvalue weighted by Crippen LogP contribution is -2.39. The van der Waals surface area contributed by atoms with E-state index in [0.717, 1.165) is 11.1 Å². The maximum Gasteiger partial charge on any atom is 0.186 e. The molecule has 5 nitrogen and oxygen atoms in total. The van der Waals surface area contributed by atoms with Crippen LogP contribution in [0, 0.1) is 12.3 Å². The lowest BCUT2D eigenvalue weighted by molar-refractivity contribution is -0.165. The van der Waals surface area contributed by atoms with Crippen molar-refractivity contribution in [1.82, 2.24) is 0 Å². The van der Waals surface area contributed by atoms with E-state index in [0.29, 0.717) is 19.8 Å². The molecule has 0 amide bonds. The summed E-state index contributed by atoms with van der Waals surface area (Å²) in [6.45, 7) is 1.47. The van der Waals surface area contributed by atoms with E-state index in [1.54, 1.807) is 7.11 Å². The second kappa shape index (κ2) is 11.0. The van der Waals surface area contributed by atoms with Gasteiger partial charge in [0, 0.05) is 7.11 Å². The smallest absolute Gasteiger partial charge is 0.186 e. The van der Waals surface area contributed by atoms with E-state index >= 15 is 0 Å². The lowest BCUT2D eigenvalue weighted by Gasteiger charge is -2.23. The van der Waals surface area contributed by atoms with Gasteiger partial charge in [-0.05, 0) is 11.1 Å². The van der Waals surface area contributed by atoms with Crippen molar-refractivity contribution < 1.29 is 23.7 Å². The van der Waals surface area contributed by atoms with Crippen molar-refractivity contribution >= 4 is 0 Å². The molecule has 0 N–H and O–H groups in total. The molecule has 1 fully saturated rings. The van der Waals surface area contributed by atoms with Crippen molar-refractivity contribution in [2.24, 2.45) is 0 Å². The quantitative estimate of drug-likeness (QED) is 0.591. The van der Waals surface area contributed by atoms with Crippen LogP contribution in [0.2, 0.25) is 0 Å². The maximum absolute atomic E-state index is 6.17. The molecule has 3 rings (SSSR count). The standard InChI is InChI=1S/C23H26O5/c1-3-14-26-22-21(27-16-19-12-8-5-9-13-19)20(28-23(22)24-2)17-25-15-18-10-6-4-7-11-18/h1,4-13,20-23H,14-17H2,2H3/t20-,21+,22-,23+/m1/s1. The summed E-state index contributed by atoms with van der Waals surface area (Å²) in [5.74, 6) is 2.49. The second-order valence-electron chi connectivity index (χ2n) is 6.52. The highest BCUT2D eigenvalue weighted by Crippen LogP contribution is 2.28. The van der Waals surface area contributed by atoms with Gasteiger partial charge in [-0.1, -0.05) is 66.6 Å². The Hall–Kier alpha value is -2.20. The molecule has 0 saturated carbocycles. The highest BCUT2D eigenvalue weighted by atomic mass is 16.7. The summed E-state index contributed by atoms with van der Waals surface area (Å²) < 4.78 is 29.3. The molecule has 0 radical (unpaired) electrons. The zero-order valence-electron chi connectivity index (χ0n) is 16.0. The normalized spacial score (nSPS) is 24.1. The Balaban J connectivity index is 1.63. The Bertz CT molecular complexity index is 728. The Kier molecular flexibility index (Phi) is 8.04. The van der Waals surface area contributed by atoms with Crippen LogP contribution in [0.4, 0.5) is 0 Å². The summed E-state index contributed by atoms with van der Waals surface area (Å²) in [4.78, 5) is 0. The summed E-state index contributed by atoms with van der Waals surface area (Å²) >= 11 is 0. The largest absolute Gasteiger partial charge is 0.374 e. The SMILES string of the molecule is C#CCO[C@H]1[C@@H](OC)O[C@H](COCc2ccccc2)[C@@H]1OCc1ccccc1. The summed E-state index contributed by atoms with van der Waals surface area (Å²) in [5, 5.41) is 0. The number of rotatable bonds is 10. The summed E-state index contributed by atoms with van der Waals surface area (Å²) in [6.07, 6.45) is 3.71. The first kappa shape index (κ1) is 20.5. The van der Waals surface area contributed by atoms with Gasteiger partial charge >= 0.3 is 0 Å². The van der Waals surface area contributed by atoms with Crippen LogP contribution >= 0.6 is 0 Å². The number of terminal acetylenes is 1. The Morgan fingerprint density at radius 1 is 0.893 bits per heavy atom. The molecule has 148 valence electrons. The van der Waals surface area contributed by atoms with Crippen LogP contribution in [0.5, 0.6) is 0 Å². The van der Waals surface area contributed by atoms with Gasteiger partial charge in [0.2, 0.25) is 0 Å². The molecule has 0 aliphatic carbocycles. The fraction of sp³-hybridized carbons (Fsp3) is 0.391. The van der Waals surface area contributed by atoms with Crippen LogP contribution in [0.1, 0.15) is 11.1 Å². The maximum atomic E-state index is 6.17. The fourth-order valence-corrected chi connectivity index (χ4v) is 3.17. The van der Waals surface area contributed by atoms with Crippen molar-refractivity contribution in [1.29, 1.82) is 0 Å². The van der Waals surface area contributed by atoms with E-state index in [1.807, 2.05) is 60.7 Å². The number of hydrogen-bond donors (Lipinski definition) is 0. The van der Waals surface area contributed by atoms with Crippen LogP contribution < -0.4 is 0 Å². The molecule has 1 aliphatic heterocycles. The van der Waals surface area contributed by atoms with E-state index in [4.69, 9.17) is 30.1 Å². The molecule has 2 aromatic rings. The molecular formula is C23H26O5. The third kappa shape index (κ3) is 5.65. The highest BCUT2D eigenvalue weighted by Gasteiger charge is 2.46. The molecular weight excluding hydrogens is 356 g/mol. The minimum Gasteiger partial charge on any atom is -0.374 e. The number of hydrogen-bond acceptors (Lipinski definition) is 5. The van der Waals surface area contributed by atoms with Gasteiger partial charge in [-0.3, -0.25) is 0 Å². The summed E-state index contributed by atoms with van der Waals surface area (Å²) in [6, 6.07) is 20.0. The minimum absolute atomic E-state index is 0.163. The van der Waals surface area contributed by atoms with E-state index in [2.05, 4.69) is 5.92 Å². The Morgan fingerprint density at radius 3 is 2.14 bits per heavy atom. The fourth-order valence-electron chi connectivity index (χ4n) is 3.17. The summed E-state index contributed by atoms with van der Waals surface area (Å²) in [7, 11) is 1.58. The molecule has 0 unspecified atom stereocenters. The second-order valence-corrected chi connectivity index (χ2v) is 6.52. The van der Waals surface area contributed by atoms with Crippen LogP contribution in [0.3, 0.4) is 0 Å². The predicted molar refractivity (Wildman–Crippen MR) is 105 cm³/mol. The zero-order chi connectivity index (χ0) is 19.6. The topological polar surface area (TPSA) is 46.2 Å². The molecule has 1 saturated heterocycles. The third-order valence-electron chi connectivity index (χ3n) is 4.54. The minimum atomic E-state index is -0.556. The first-order valence-electron chi connectivity index (χ1n) is 9.32. The van der Waals surface area contributed by atoms with Gasteiger partial charge in [0.05, 0.1) is 19.8 Å². The third-order valence-corrected chi connectivity index (χ3v) is 4.54. The number of ether oxygens (including phenoxy) is 5. The van der Waals surface area contributed by atoms with Gasteiger partial charge in [-0.15, -0.1) is 6.42 Å². The Labute approximate surface area is 166 Å². The molecule has 0 aromatic heterocycles.